The third-order valence-corrected chi connectivity index (χ3v) is 7.56. The predicted molar refractivity (Wildman–Crippen MR) is 106 cm³/mol. The number of nitrogens with zero attached hydrogens (tertiary/aromatic N) is 3. The number of rotatable bonds is 8. The average Bonchev–Trinajstić information content (AvgIpc) is 3.39. The molecule has 1 aromatic carbocycles. The Bertz CT molecular complexity index is 900. The fraction of sp³-hybridized carbons (Fsp3) is 0.500. The van der Waals surface area contributed by atoms with Crippen LogP contribution in [-0.2, 0) is 22.9 Å². The normalized spacial score (nSPS) is 15.1. The van der Waals surface area contributed by atoms with E-state index in [2.05, 4.69) is 5.10 Å². The molecule has 0 unspecified atom stereocenters. The maximum Gasteiger partial charge on any atom is 0.254 e. The van der Waals surface area contributed by atoms with Crippen LogP contribution in [0.2, 0.25) is 0 Å². The second kappa shape index (κ2) is 8.87. The smallest absolute Gasteiger partial charge is 0.254 e. The maximum absolute atomic E-state index is 12.9. The highest BCUT2D eigenvalue weighted by atomic mass is 32.2. The van der Waals surface area contributed by atoms with Gasteiger partial charge >= 0.3 is 0 Å². The van der Waals surface area contributed by atoms with Gasteiger partial charge < -0.3 is 10.0 Å². The summed E-state index contributed by atoms with van der Waals surface area (Å²) in [5.74, 6) is -0.247. The van der Waals surface area contributed by atoms with E-state index >= 15 is 0 Å². The van der Waals surface area contributed by atoms with Crippen molar-refractivity contribution in [1.82, 2.24) is 14.7 Å². The van der Waals surface area contributed by atoms with Crippen LogP contribution in [0.1, 0.15) is 48.7 Å². The first-order chi connectivity index (χ1) is 13.5. The van der Waals surface area contributed by atoms with Crippen LogP contribution in [-0.4, -0.2) is 52.5 Å². The first kappa shape index (κ1) is 20.5. The highest BCUT2D eigenvalue weighted by Gasteiger charge is 2.30. The fourth-order valence-electron chi connectivity index (χ4n) is 3.71. The monoisotopic (exact) mass is 405 g/mol. The minimum atomic E-state index is -3.34. The molecule has 1 aliphatic rings. The van der Waals surface area contributed by atoms with Crippen molar-refractivity contribution in [2.75, 3.05) is 13.2 Å². The lowest BCUT2D eigenvalue weighted by molar-refractivity contribution is 0.0703. The van der Waals surface area contributed by atoms with Crippen molar-refractivity contribution in [3.8, 4) is 0 Å². The summed E-state index contributed by atoms with van der Waals surface area (Å²) in [4.78, 5) is 14.7. The molecule has 1 aromatic heterocycles. The lowest BCUT2D eigenvalue weighted by Gasteiger charge is -2.22. The molecule has 1 fully saturated rings. The lowest BCUT2D eigenvalue weighted by Crippen LogP contribution is -2.34. The molecular weight excluding hydrogens is 378 g/mol. The van der Waals surface area contributed by atoms with Crippen molar-refractivity contribution in [2.24, 2.45) is 0 Å². The maximum atomic E-state index is 12.9. The molecule has 0 saturated heterocycles. The number of aliphatic hydroxyl groups is 1. The van der Waals surface area contributed by atoms with E-state index in [9.17, 15) is 18.3 Å². The van der Waals surface area contributed by atoms with E-state index in [-0.39, 0.29) is 29.2 Å². The zero-order chi connectivity index (χ0) is 20.1. The summed E-state index contributed by atoms with van der Waals surface area (Å²) in [6.07, 6.45) is 5.00. The Morgan fingerprint density at radius 2 is 1.89 bits per heavy atom. The van der Waals surface area contributed by atoms with Crippen LogP contribution in [0.5, 0.6) is 0 Å². The molecule has 0 spiro atoms. The van der Waals surface area contributed by atoms with Gasteiger partial charge in [0.1, 0.15) is 0 Å². The van der Waals surface area contributed by atoms with Gasteiger partial charge in [-0.3, -0.25) is 9.48 Å². The molecule has 8 heteroatoms. The molecular formula is C20H27N3O4S. The Morgan fingerprint density at radius 3 is 2.50 bits per heavy atom. The van der Waals surface area contributed by atoms with E-state index in [1.165, 1.54) is 12.1 Å². The Morgan fingerprint density at radius 1 is 1.21 bits per heavy atom. The van der Waals surface area contributed by atoms with Crippen molar-refractivity contribution in [3.05, 3.63) is 47.8 Å². The summed E-state index contributed by atoms with van der Waals surface area (Å²) in [5.41, 5.74) is 1.28. The summed E-state index contributed by atoms with van der Waals surface area (Å²) in [6.45, 7) is 3.03. The highest BCUT2D eigenvalue weighted by molar-refractivity contribution is 7.92. The Balaban J connectivity index is 1.78. The summed E-state index contributed by atoms with van der Waals surface area (Å²) < 4.78 is 27.2. The minimum absolute atomic E-state index is 0.153. The topological polar surface area (TPSA) is 92.5 Å². The van der Waals surface area contributed by atoms with Gasteiger partial charge in [-0.05, 0) is 50.1 Å². The number of amides is 1. The van der Waals surface area contributed by atoms with E-state index in [1.54, 1.807) is 27.9 Å². The fourth-order valence-corrected chi connectivity index (χ4v) is 5.56. The van der Waals surface area contributed by atoms with E-state index in [0.29, 0.717) is 31.5 Å². The van der Waals surface area contributed by atoms with Crippen molar-refractivity contribution in [2.45, 2.75) is 55.8 Å². The van der Waals surface area contributed by atoms with Gasteiger partial charge in [0.2, 0.25) is 0 Å². The third kappa shape index (κ3) is 4.28. The number of hydrogen-bond acceptors (Lipinski definition) is 5. The predicted octanol–water partition coefficient (Wildman–Crippen LogP) is 2.25. The van der Waals surface area contributed by atoms with Gasteiger partial charge in [0.05, 0.1) is 29.0 Å². The molecule has 0 aliphatic heterocycles. The van der Waals surface area contributed by atoms with E-state index < -0.39 is 9.84 Å². The number of carbonyl (C=O) groups excluding carboxylic acids is 1. The van der Waals surface area contributed by atoms with E-state index in [1.807, 2.05) is 13.0 Å². The second-order valence-corrected chi connectivity index (χ2v) is 9.29. The molecule has 1 saturated carbocycles. The van der Waals surface area contributed by atoms with Crippen molar-refractivity contribution < 1.29 is 18.3 Å². The van der Waals surface area contributed by atoms with Gasteiger partial charge in [-0.2, -0.15) is 5.10 Å². The number of benzene rings is 1. The van der Waals surface area contributed by atoms with Gasteiger partial charge in [-0.15, -0.1) is 0 Å². The minimum Gasteiger partial charge on any atom is -0.395 e. The molecule has 0 radical (unpaired) electrons. The molecule has 0 atom stereocenters. The average molecular weight is 406 g/mol. The number of sulfone groups is 1. The van der Waals surface area contributed by atoms with Crippen LogP contribution < -0.4 is 0 Å². The quantitative estimate of drug-likeness (QED) is 0.727. The van der Waals surface area contributed by atoms with E-state index in [4.69, 9.17) is 0 Å². The van der Waals surface area contributed by atoms with Crippen LogP contribution in [0.4, 0.5) is 0 Å². The molecule has 7 nitrogen and oxygen atoms in total. The number of aromatic nitrogens is 2. The van der Waals surface area contributed by atoms with Gasteiger partial charge in [0.25, 0.3) is 5.91 Å². The van der Waals surface area contributed by atoms with Crippen molar-refractivity contribution >= 4 is 15.7 Å². The summed E-state index contributed by atoms with van der Waals surface area (Å²) >= 11 is 0. The van der Waals surface area contributed by atoms with Gasteiger partial charge in [-0.25, -0.2) is 8.42 Å². The van der Waals surface area contributed by atoms with E-state index in [0.717, 1.165) is 18.5 Å². The number of aryl methyl sites for hydroxylation is 1. The zero-order valence-corrected chi connectivity index (χ0v) is 16.9. The number of hydrogen-bond donors (Lipinski definition) is 1. The SMILES string of the molecule is CCn1nccc1CN(CCO)C(=O)c1ccc(S(=O)(=O)C2CCCC2)cc1. The summed E-state index contributed by atoms with van der Waals surface area (Å²) in [6, 6.07) is 8.01. The Kier molecular flexibility index (Phi) is 6.51. The van der Waals surface area contributed by atoms with Crippen LogP contribution in [0.25, 0.3) is 0 Å². The largest absolute Gasteiger partial charge is 0.395 e. The molecule has 152 valence electrons. The summed E-state index contributed by atoms with van der Waals surface area (Å²) in [7, 11) is -3.34. The molecule has 3 rings (SSSR count). The standard InChI is InChI=1S/C20H27N3O4S/c1-2-23-17(11-12-21-23)15-22(13-14-24)20(25)16-7-9-19(10-8-16)28(26,27)18-5-3-4-6-18/h7-12,18,24H,2-6,13-15H2,1H3. The molecule has 0 bridgehead atoms. The first-order valence-electron chi connectivity index (χ1n) is 9.72. The number of aliphatic hydroxyl groups excluding tert-OH is 1. The van der Waals surface area contributed by atoms with Crippen molar-refractivity contribution in [1.29, 1.82) is 0 Å². The zero-order valence-electron chi connectivity index (χ0n) is 16.1. The molecule has 1 N–H and O–H groups in total. The summed E-state index contributed by atoms with van der Waals surface area (Å²) in [5, 5.41) is 13.3. The van der Waals surface area contributed by atoms with Crippen LogP contribution in [0.15, 0.2) is 41.4 Å². The molecule has 1 heterocycles. The first-order valence-corrected chi connectivity index (χ1v) is 11.3. The molecule has 1 aliphatic carbocycles. The van der Waals surface area contributed by atoms with Gasteiger partial charge in [0, 0.05) is 24.8 Å². The van der Waals surface area contributed by atoms with Gasteiger partial charge in [-0.1, -0.05) is 12.8 Å². The van der Waals surface area contributed by atoms with Crippen molar-refractivity contribution in [3.63, 3.8) is 0 Å². The molecule has 1 amide bonds. The second-order valence-electron chi connectivity index (χ2n) is 7.06. The highest BCUT2D eigenvalue weighted by Crippen LogP contribution is 2.29. The Hall–Kier alpha value is -2.19. The molecule has 2 aromatic rings. The number of carbonyl (C=O) groups is 1. The third-order valence-electron chi connectivity index (χ3n) is 5.28. The molecule has 28 heavy (non-hydrogen) atoms. The van der Waals surface area contributed by atoms with Gasteiger partial charge in [0.15, 0.2) is 9.84 Å². The lowest BCUT2D eigenvalue weighted by atomic mass is 10.2. The van der Waals surface area contributed by atoms with Crippen LogP contribution in [0.3, 0.4) is 0 Å². The van der Waals surface area contributed by atoms with Crippen LogP contribution in [0, 0.1) is 0 Å². The Labute approximate surface area is 165 Å². The van der Waals surface area contributed by atoms with Crippen LogP contribution >= 0.6 is 0 Å².